The lowest BCUT2D eigenvalue weighted by molar-refractivity contribution is -0.125. The van der Waals surface area contributed by atoms with Crippen molar-refractivity contribution in [3.63, 3.8) is 0 Å². The summed E-state index contributed by atoms with van der Waals surface area (Å²) in [5.41, 5.74) is 0. The van der Waals surface area contributed by atoms with Gasteiger partial charge in [-0.15, -0.1) is 0 Å². The molecule has 1 aliphatic carbocycles. The third-order valence-electron chi connectivity index (χ3n) is 4.62. The summed E-state index contributed by atoms with van der Waals surface area (Å²) in [6.07, 6.45) is 5.24. The lowest BCUT2D eigenvalue weighted by atomic mass is 9.80. The van der Waals surface area contributed by atoms with Crippen LogP contribution in [-0.4, -0.2) is 38.8 Å². The van der Waals surface area contributed by atoms with Gasteiger partial charge in [-0.05, 0) is 25.3 Å². The lowest BCUT2D eigenvalue weighted by Crippen LogP contribution is -2.44. The first-order chi connectivity index (χ1) is 8.72. The molecule has 2 rings (SSSR count). The molecule has 0 aromatic heterocycles. The van der Waals surface area contributed by atoms with Crippen LogP contribution in [0.4, 0.5) is 0 Å². The molecule has 18 heavy (non-hydrogen) atoms. The van der Waals surface area contributed by atoms with Crippen LogP contribution in [-0.2, 0) is 9.53 Å². The Labute approximate surface area is 110 Å². The van der Waals surface area contributed by atoms with Crippen molar-refractivity contribution in [2.75, 3.05) is 26.8 Å². The first-order valence-corrected chi connectivity index (χ1v) is 7.25. The van der Waals surface area contributed by atoms with E-state index in [-0.39, 0.29) is 17.9 Å². The summed E-state index contributed by atoms with van der Waals surface area (Å²) in [6, 6.07) is 0.175. The van der Waals surface area contributed by atoms with Crippen LogP contribution in [0.1, 0.15) is 32.6 Å². The molecule has 4 heteroatoms. The van der Waals surface area contributed by atoms with Crippen molar-refractivity contribution in [3.05, 3.63) is 0 Å². The standard InChI is InChI=1S/C14H26N2O2/c1-10-5-3-4-6-11(10)7-16-14(17)12-8-18-9-13(12)15-2/h10-13,15H,3-9H2,1-2H3,(H,16,17). The number of ether oxygens (including phenoxy) is 1. The van der Waals surface area contributed by atoms with Crippen LogP contribution < -0.4 is 10.6 Å². The van der Waals surface area contributed by atoms with E-state index in [0.29, 0.717) is 19.1 Å². The van der Waals surface area contributed by atoms with Gasteiger partial charge in [-0.25, -0.2) is 0 Å². The molecule has 4 unspecified atom stereocenters. The normalized spacial score (nSPS) is 36.6. The fourth-order valence-electron chi connectivity index (χ4n) is 3.16. The van der Waals surface area contributed by atoms with Crippen LogP contribution >= 0.6 is 0 Å². The summed E-state index contributed by atoms with van der Waals surface area (Å²) in [6.45, 7) is 4.35. The highest BCUT2D eigenvalue weighted by atomic mass is 16.5. The van der Waals surface area contributed by atoms with E-state index in [1.165, 1.54) is 25.7 Å². The summed E-state index contributed by atoms with van der Waals surface area (Å²) in [5, 5.41) is 6.29. The van der Waals surface area contributed by atoms with Gasteiger partial charge in [0.15, 0.2) is 0 Å². The molecule has 1 saturated carbocycles. The number of carbonyl (C=O) groups is 1. The van der Waals surface area contributed by atoms with Crippen molar-refractivity contribution in [2.45, 2.75) is 38.6 Å². The van der Waals surface area contributed by atoms with Gasteiger partial charge in [0.2, 0.25) is 5.91 Å². The topological polar surface area (TPSA) is 50.4 Å². The fraction of sp³-hybridized carbons (Fsp3) is 0.929. The molecule has 0 aromatic carbocycles. The van der Waals surface area contributed by atoms with Gasteiger partial charge in [0.25, 0.3) is 0 Å². The van der Waals surface area contributed by atoms with Crippen LogP contribution in [0, 0.1) is 17.8 Å². The molecule has 104 valence electrons. The molecule has 1 aliphatic heterocycles. The van der Waals surface area contributed by atoms with E-state index in [1.54, 1.807) is 0 Å². The second-order valence-corrected chi connectivity index (χ2v) is 5.81. The first kappa shape index (κ1) is 13.8. The van der Waals surface area contributed by atoms with E-state index in [0.717, 1.165) is 12.5 Å². The molecule has 0 spiro atoms. The molecule has 0 bridgehead atoms. The quantitative estimate of drug-likeness (QED) is 0.791. The Morgan fingerprint density at radius 1 is 1.28 bits per heavy atom. The predicted molar refractivity (Wildman–Crippen MR) is 71.3 cm³/mol. The Bertz CT molecular complexity index is 283. The Morgan fingerprint density at radius 3 is 2.78 bits per heavy atom. The van der Waals surface area contributed by atoms with Crippen LogP contribution in [0.3, 0.4) is 0 Å². The van der Waals surface area contributed by atoms with Gasteiger partial charge < -0.3 is 15.4 Å². The van der Waals surface area contributed by atoms with Gasteiger partial charge in [-0.3, -0.25) is 4.79 Å². The Balaban J connectivity index is 1.77. The monoisotopic (exact) mass is 254 g/mol. The second kappa shape index (κ2) is 6.53. The maximum atomic E-state index is 12.1. The Hall–Kier alpha value is -0.610. The highest BCUT2D eigenvalue weighted by molar-refractivity contribution is 5.79. The molecule has 1 amide bonds. The van der Waals surface area contributed by atoms with E-state index < -0.39 is 0 Å². The minimum Gasteiger partial charge on any atom is -0.379 e. The largest absolute Gasteiger partial charge is 0.379 e. The fourth-order valence-corrected chi connectivity index (χ4v) is 3.16. The number of hydrogen-bond donors (Lipinski definition) is 2. The SMILES string of the molecule is CNC1COCC1C(=O)NCC1CCCCC1C. The zero-order valence-electron chi connectivity index (χ0n) is 11.6. The summed E-state index contributed by atoms with van der Waals surface area (Å²) in [5.74, 6) is 1.55. The summed E-state index contributed by atoms with van der Waals surface area (Å²) >= 11 is 0. The second-order valence-electron chi connectivity index (χ2n) is 5.81. The van der Waals surface area contributed by atoms with Gasteiger partial charge in [0.1, 0.15) is 0 Å². The van der Waals surface area contributed by atoms with Crippen molar-refractivity contribution in [3.8, 4) is 0 Å². The molecule has 1 heterocycles. The van der Waals surface area contributed by atoms with E-state index in [9.17, 15) is 4.79 Å². The average molecular weight is 254 g/mol. The van der Waals surface area contributed by atoms with Gasteiger partial charge in [-0.2, -0.15) is 0 Å². The Kier molecular flexibility index (Phi) is 5.01. The van der Waals surface area contributed by atoms with Crippen LogP contribution in [0.25, 0.3) is 0 Å². The predicted octanol–water partition coefficient (Wildman–Crippen LogP) is 1.16. The number of rotatable bonds is 4. The number of carbonyl (C=O) groups excluding carboxylic acids is 1. The van der Waals surface area contributed by atoms with Crippen LogP contribution in [0.15, 0.2) is 0 Å². The zero-order chi connectivity index (χ0) is 13.0. The highest BCUT2D eigenvalue weighted by Gasteiger charge is 2.33. The third-order valence-corrected chi connectivity index (χ3v) is 4.62. The van der Waals surface area contributed by atoms with Crippen LogP contribution in [0.5, 0.6) is 0 Å². The molecule has 0 radical (unpaired) electrons. The number of nitrogens with one attached hydrogen (secondary N) is 2. The zero-order valence-corrected chi connectivity index (χ0v) is 11.6. The van der Waals surface area contributed by atoms with Crippen molar-refractivity contribution in [1.29, 1.82) is 0 Å². The van der Waals surface area contributed by atoms with Gasteiger partial charge in [0.05, 0.1) is 19.1 Å². The van der Waals surface area contributed by atoms with Crippen molar-refractivity contribution >= 4 is 5.91 Å². The van der Waals surface area contributed by atoms with Crippen molar-refractivity contribution in [1.82, 2.24) is 10.6 Å². The van der Waals surface area contributed by atoms with Gasteiger partial charge in [-0.1, -0.05) is 26.2 Å². The third kappa shape index (κ3) is 3.23. The molecular formula is C14H26N2O2. The molecule has 4 atom stereocenters. The van der Waals surface area contributed by atoms with Crippen LogP contribution in [0.2, 0.25) is 0 Å². The minimum absolute atomic E-state index is 0.0195. The molecule has 2 N–H and O–H groups in total. The van der Waals surface area contributed by atoms with Gasteiger partial charge in [0, 0.05) is 12.6 Å². The molecule has 2 fully saturated rings. The molecular weight excluding hydrogens is 228 g/mol. The lowest BCUT2D eigenvalue weighted by Gasteiger charge is -2.29. The molecule has 1 saturated heterocycles. The average Bonchev–Trinajstić information content (AvgIpc) is 2.86. The maximum Gasteiger partial charge on any atom is 0.227 e. The Morgan fingerprint density at radius 2 is 2.06 bits per heavy atom. The summed E-state index contributed by atoms with van der Waals surface area (Å²) in [7, 11) is 1.89. The highest BCUT2D eigenvalue weighted by Crippen LogP contribution is 2.29. The first-order valence-electron chi connectivity index (χ1n) is 7.25. The van der Waals surface area contributed by atoms with E-state index in [4.69, 9.17) is 4.74 Å². The summed E-state index contributed by atoms with van der Waals surface area (Å²) < 4.78 is 5.37. The van der Waals surface area contributed by atoms with E-state index in [1.807, 2.05) is 7.05 Å². The molecule has 2 aliphatic rings. The number of likely N-dealkylation sites (N-methyl/N-ethyl adjacent to an activating group) is 1. The van der Waals surface area contributed by atoms with Crippen molar-refractivity contribution in [2.24, 2.45) is 17.8 Å². The molecule has 0 aromatic rings. The maximum absolute atomic E-state index is 12.1. The number of amides is 1. The summed E-state index contributed by atoms with van der Waals surface area (Å²) in [4.78, 5) is 12.1. The minimum atomic E-state index is -0.0195. The number of hydrogen-bond acceptors (Lipinski definition) is 3. The van der Waals surface area contributed by atoms with Crippen molar-refractivity contribution < 1.29 is 9.53 Å². The van der Waals surface area contributed by atoms with Gasteiger partial charge >= 0.3 is 0 Å². The van der Waals surface area contributed by atoms with E-state index >= 15 is 0 Å². The van der Waals surface area contributed by atoms with E-state index in [2.05, 4.69) is 17.6 Å². The molecule has 4 nitrogen and oxygen atoms in total. The smallest absolute Gasteiger partial charge is 0.227 e.